The third kappa shape index (κ3) is 4.05. The summed E-state index contributed by atoms with van der Waals surface area (Å²) in [5, 5.41) is 23.7. The van der Waals surface area contributed by atoms with Crippen LogP contribution in [0.2, 0.25) is 0 Å². The number of para-hydroxylation sites is 1. The molecule has 4 nitrogen and oxygen atoms in total. The van der Waals surface area contributed by atoms with E-state index in [-0.39, 0.29) is 23.5 Å². The van der Waals surface area contributed by atoms with Crippen molar-refractivity contribution in [3.05, 3.63) is 29.8 Å². The molecule has 3 atom stereocenters. The third-order valence-corrected chi connectivity index (χ3v) is 5.11. The van der Waals surface area contributed by atoms with E-state index < -0.39 is 5.60 Å². The lowest BCUT2D eigenvalue weighted by Crippen LogP contribution is -2.56. The highest BCUT2D eigenvalue weighted by atomic mass is 16.3. The van der Waals surface area contributed by atoms with Crippen LogP contribution in [0.1, 0.15) is 45.6 Å². The Labute approximate surface area is 138 Å². The summed E-state index contributed by atoms with van der Waals surface area (Å²) < 4.78 is 0. The van der Waals surface area contributed by atoms with Gasteiger partial charge in [0.1, 0.15) is 11.4 Å². The first-order chi connectivity index (χ1) is 10.8. The smallest absolute Gasteiger partial charge is 0.252 e. The maximum absolute atomic E-state index is 12.6. The number of hydrogen-bond acceptors (Lipinski definition) is 3. The molecule has 1 amide bonds. The highest BCUT2D eigenvalue weighted by Gasteiger charge is 2.48. The summed E-state index contributed by atoms with van der Waals surface area (Å²) in [5.74, 6) is 0.615. The Morgan fingerprint density at radius 2 is 2.04 bits per heavy atom. The van der Waals surface area contributed by atoms with E-state index in [1.54, 1.807) is 12.1 Å². The number of phenolic OH excluding ortho intramolecular Hbond substituents is 1. The number of aromatic hydroxyl groups is 1. The van der Waals surface area contributed by atoms with Gasteiger partial charge < -0.3 is 15.5 Å². The SMILES string of the molecule is CC(C)[C@@H]1CC[C@@H](C)C[C@@]1(O)C(=O)NCCc1ccccc1O. The van der Waals surface area contributed by atoms with Gasteiger partial charge in [-0.3, -0.25) is 4.79 Å². The number of rotatable bonds is 5. The molecular weight excluding hydrogens is 290 g/mol. The molecule has 128 valence electrons. The van der Waals surface area contributed by atoms with Crippen molar-refractivity contribution in [2.45, 2.75) is 52.1 Å². The van der Waals surface area contributed by atoms with Crippen molar-refractivity contribution >= 4 is 5.91 Å². The van der Waals surface area contributed by atoms with Gasteiger partial charge >= 0.3 is 0 Å². The van der Waals surface area contributed by atoms with Crippen LogP contribution in [-0.2, 0) is 11.2 Å². The van der Waals surface area contributed by atoms with Crippen LogP contribution in [0.15, 0.2) is 24.3 Å². The van der Waals surface area contributed by atoms with Crippen LogP contribution in [0.4, 0.5) is 0 Å². The Morgan fingerprint density at radius 1 is 1.35 bits per heavy atom. The Hall–Kier alpha value is -1.55. The second-order valence-corrected chi connectivity index (χ2v) is 7.30. The molecule has 23 heavy (non-hydrogen) atoms. The number of aliphatic hydroxyl groups is 1. The lowest BCUT2D eigenvalue weighted by Gasteiger charge is -2.43. The summed E-state index contributed by atoms with van der Waals surface area (Å²) >= 11 is 0. The first-order valence-electron chi connectivity index (χ1n) is 8.62. The number of phenols is 1. The van der Waals surface area contributed by atoms with Gasteiger partial charge in [-0.05, 0) is 48.6 Å². The highest BCUT2D eigenvalue weighted by molar-refractivity contribution is 5.85. The lowest BCUT2D eigenvalue weighted by molar-refractivity contribution is -0.155. The fourth-order valence-electron chi connectivity index (χ4n) is 3.82. The maximum Gasteiger partial charge on any atom is 0.252 e. The van der Waals surface area contributed by atoms with E-state index in [4.69, 9.17) is 0 Å². The normalized spacial score (nSPS) is 27.9. The Kier molecular flexibility index (Phi) is 5.69. The number of hydrogen-bond donors (Lipinski definition) is 3. The van der Waals surface area contributed by atoms with Gasteiger partial charge in [0.2, 0.25) is 0 Å². The number of carbonyl (C=O) groups excluding carboxylic acids is 1. The number of amides is 1. The van der Waals surface area contributed by atoms with E-state index in [1.165, 1.54) is 0 Å². The van der Waals surface area contributed by atoms with E-state index in [0.717, 1.165) is 18.4 Å². The molecule has 1 aromatic rings. The molecule has 0 aromatic heterocycles. The van der Waals surface area contributed by atoms with Crippen molar-refractivity contribution in [2.75, 3.05) is 6.54 Å². The molecule has 1 aliphatic rings. The maximum atomic E-state index is 12.6. The molecule has 0 aliphatic heterocycles. The Bertz CT molecular complexity index is 543. The zero-order chi connectivity index (χ0) is 17.0. The summed E-state index contributed by atoms with van der Waals surface area (Å²) in [6.07, 6.45) is 3.03. The van der Waals surface area contributed by atoms with Crippen molar-refractivity contribution in [3.8, 4) is 5.75 Å². The van der Waals surface area contributed by atoms with Crippen molar-refractivity contribution in [2.24, 2.45) is 17.8 Å². The van der Waals surface area contributed by atoms with Crippen molar-refractivity contribution in [1.82, 2.24) is 5.32 Å². The molecular formula is C19H29NO3. The van der Waals surface area contributed by atoms with Crippen molar-refractivity contribution in [3.63, 3.8) is 0 Å². The predicted molar refractivity (Wildman–Crippen MR) is 91.1 cm³/mol. The molecule has 3 N–H and O–H groups in total. The minimum atomic E-state index is -1.27. The second-order valence-electron chi connectivity index (χ2n) is 7.30. The Morgan fingerprint density at radius 3 is 2.70 bits per heavy atom. The topological polar surface area (TPSA) is 69.6 Å². The molecule has 1 fully saturated rings. The van der Waals surface area contributed by atoms with Crippen LogP contribution in [-0.4, -0.2) is 28.3 Å². The monoisotopic (exact) mass is 319 g/mol. The van der Waals surface area contributed by atoms with E-state index in [2.05, 4.69) is 26.1 Å². The van der Waals surface area contributed by atoms with Crippen LogP contribution in [0.3, 0.4) is 0 Å². The third-order valence-electron chi connectivity index (χ3n) is 5.11. The fourth-order valence-corrected chi connectivity index (χ4v) is 3.82. The summed E-state index contributed by atoms with van der Waals surface area (Å²) in [6.45, 7) is 6.65. The zero-order valence-corrected chi connectivity index (χ0v) is 14.4. The molecule has 0 saturated heterocycles. The van der Waals surface area contributed by atoms with Gasteiger partial charge in [-0.1, -0.05) is 45.4 Å². The molecule has 0 spiro atoms. The highest BCUT2D eigenvalue weighted by Crippen LogP contribution is 2.41. The van der Waals surface area contributed by atoms with Crippen LogP contribution in [0.25, 0.3) is 0 Å². The van der Waals surface area contributed by atoms with Gasteiger partial charge in [0.25, 0.3) is 5.91 Å². The van der Waals surface area contributed by atoms with E-state index in [1.807, 2.05) is 12.1 Å². The van der Waals surface area contributed by atoms with Crippen LogP contribution in [0.5, 0.6) is 5.75 Å². The summed E-state index contributed by atoms with van der Waals surface area (Å²) in [5.41, 5.74) is -0.470. The molecule has 1 saturated carbocycles. The summed E-state index contributed by atoms with van der Waals surface area (Å²) in [7, 11) is 0. The van der Waals surface area contributed by atoms with Crippen molar-refractivity contribution < 1.29 is 15.0 Å². The van der Waals surface area contributed by atoms with Crippen LogP contribution >= 0.6 is 0 Å². The second kappa shape index (κ2) is 7.35. The average molecular weight is 319 g/mol. The minimum Gasteiger partial charge on any atom is -0.508 e. The molecule has 0 bridgehead atoms. The standard InChI is InChI=1S/C19H29NO3/c1-13(2)16-9-8-14(3)12-19(16,23)18(22)20-11-10-15-6-4-5-7-17(15)21/h4-7,13-14,16,21,23H,8-12H2,1-3H3,(H,20,22)/t14-,16+,19+/m1/s1. The molecule has 4 heteroatoms. The van der Waals surface area contributed by atoms with E-state index in [0.29, 0.717) is 25.3 Å². The minimum absolute atomic E-state index is 0.00354. The molecule has 2 rings (SSSR count). The van der Waals surface area contributed by atoms with Gasteiger partial charge in [-0.2, -0.15) is 0 Å². The predicted octanol–water partition coefficient (Wildman–Crippen LogP) is 2.87. The van der Waals surface area contributed by atoms with Crippen LogP contribution in [0, 0.1) is 17.8 Å². The summed E-state index contributed by atoms with van der Waals surface area (Å²) in [4.78, 5) is 12.6. The Balaban J connectivity index is 1.98. The van der Waals surface area contributed by atoms with Gasteiger partial charge in [-0.25, -0.2) is 0 Å². The molecule has 0 unspecified atom stereocenters. The average Bonchev–Trinajstić information content (AvgIpc) is 2.48. The van der Waals surface area contributed by atoms with Crippen LogP contribution < -0.4 is 5.32 Å². The lowest BCUT2D eigenvalue weighted by atomic mass is 9.66. The van der Waals surface area contributed by atoms with Gasteiger partial charge in [0.05, 0.1) is 0 Å². The van der Waals surface area contributed by atoms with Gasteiger partial charge in [0, 0.05) is 6.54 Å². The van der Waals surface area contributed by atoms with E-state index in [9.17, 15) is 15.0 Å². The largest absolute Gasteiger partial charge is 0.508 e. The quantitative estimate of drug-likeness (QED) is 0.781. The molecule has 1 aliphatic carbocycles. The first-order valence-corrected chi connectivity index (χ1v) is 8.62. The number of carbonyl (C=O) groups is 1. The van der Waals surface area contributed by atoms with E-state index >= 15 is 0 Å². The number of nitrogens with one attached hydrogen (secondary N) is 1. The molecule has 0 radical (unpaired) electrons. The van der Waals surface area contributed by atoms with Gasteiger partial charge in [-0.15, -0.1) is 0 Å². The zero-order valence-electron chi connectivity index (χ0n) is 14.4. The van der Waals surface area contributed by atoms with Gasteiger partial charge in [0.15, 0.2) is 0 Å². The molecule has 1 aromatic carbocycles. The summed E-state index contributed by atoms with van der Waals surface area (Å²) in [6, 6.07) is 7.12. The number of benzene rings is 1. The van der Waals surface area contributed by atoms with Crippen molar-refractivity contribution in [1.29, 1.82) is 0 Å². The molecule has 0 heterocycles. The first kappa shape index (κ1) is 17.8. The fraction of sp³-hybridized carbons (Fsp3) is 0.632.